The van der Waals surface area contributed by atoms with Gasteiger partial charge >= 0.3 is 0 Å². The van der Waals surface area contributed by atoms with Gasteiger partial charge in [0.05, 0.1) is 0 Å². The highest BCUT2D eigenvalue weighted by Gasteiger charge is 2.11. The highest BCUT2D eigenvalue weighted by molar-refractivity contribution is 9.08. The van der Waals surface area contributed by atoms with Crippen molar-refractivity contribution in [3.63, 3.8) is 0 Å². The summed E-state index contributed by atoms with van der Waals surface area (Å²) in [7, 11) is 0. The summed E-state index contributed by atoms with van der Waals surface area (Å²) in [5.74, 6) is 0. The van der Waals surface area contributed by atoms with Gasteiger partial charge in [0.2, 0.25) is 0 Å². The lowest BCUT2D eigenvalue weighted by Gasteiger charge is -2.29. The monoisotopic (exact) mass is 331 g/mol. The molecule has 102 valence electrons. The normalized spacial score (nSPS) is 11.0. The average Bonchev–Trinajstić information content (AvgIpc) is 2.34. The molecule has 0 unspecified atom stereocenters. The molecular formula is C15H23BrClN. The second-order valence-electron chi connectivity index (χ2n) is 4.90. The molecule has 0 spiro atoms. The number of halogens is 2. The third-order valence-corrected chi connectivity index (χ3v) is 4.09. The van der Waals surface area contributed by atoms with Gasteiger partial charge in [-0.2, -0.15) is 0 Å². The molecule has 0 bridgehead atoms. The molecule has 3 heteroatoms. The van der Waals surface area contributed by atoms with Gasteiger partial charge in [-0.25, -0.2) is 0 Å². The number of alkyl halides is 1. The van der Waals surface area contributed by atoms with E-state index in [9.17, 15) is 0 Å². The van der Waals surface area contributed by atoms with E-state index < -0.39 is 0 Å². The van der Waals surface area contributed by atoms with E-state index in [1.54, 1.807) is 0 Å². The number of hydrogen-bond donors (Lipinski definition) is 0. The Morgan fingerprint density at radius 2 is 2.00 bits per heavy atom. The van der Waals surface area contributed by atoms with Gasteiger partial charge in [-0.15, -0.1) is 0 Å². The van der Waals surface area contributed by atoms with Gasteiger partial charge in [0.25, 0.3) is 0 Å². The Bertz CT molecular complexity index is 366. The molecule has 0 aromatic heterocycles. The zero-order valence-electron chi connectivity index (χ0n) is 11.5. The zero-order chi connectivity index (χ0) is 13.5. The maximum absolute atomic E-state index is 6.28. The van der Waals surface area contributed by atoms with Gasteiger partial charge in [0, 0.05) is 28.6 Å². The van der Waals surface area contributed by atoms with E-state index in [1.165, 1.54) is 24.9 Å². The number of rotatable bonds is 7. The van der Waals surface area contributed by atoms with Crippen molar-refractivity contribution in [3.8, 4) is 0 Å². The van der Waals surface area contributed by atoms with Crippen LogP contribution in [0.4, 0.5) is 5.69 Å². The Kier molecular flexibility index (Phi) is 7.10. The van der Waals surface area contributed by atoms with Crippen molar-refractivity contribution >= 4 is 33.2 Å². The van der Waals surface area contributed by atoms with E-state index in [2.05, 4.69) is 59.8 Å². The Morgan fingerprint density at radius 1 is 1.28 bits per heavy atom. The molecule has 18 heavy (non-hydrogen) atoms. The first-order valence-electron chi connectivity index (χ1n) is 6.71. The Morgan fingerprint density at radius 3 is 2.50 bits per heavy atom. The molecule has 0 amide bonds. The number of anilines is 1. The smallest absolute Gasteiger partial charge is 0.0467 e. The number of nitrogens with zero attached hydrogens (tertiary/aromatic N) is 1. The maximum atomic E-state index is 6.28. The van der Waals surface area contributed by atoms with Crippen LogP contribution in [0.5, 0.6) is 0 Å². The van der Waals surface area contributed by atoms with E-state index >= 15 is 0 Å². The molecule has 0 atom stereocenters. The lowest BCUT2D eigenvalue weighted by Crippen LogP contribution is -2.31. The van der Waals surface area contributed by atoms with Gasteiger partial charge in [-0.05, 0) is 38.0 Å². The van der Waals surface area contributed by atoms with Crippen molar-refractivity contribution in [1.29, 1.82) is 0 Å². The van der Waals surface area contributed by atoms with Crippen LogP contribution in [0.25, 0.3) is 0 Å². The standard InChI is InChI=1S/C15H23BrClN/c1-4-5-6-9-18(12(2)3)14-8-7-13(11-16)15(17)10-14/h7-8,10,12H,4-6,9,11H2,1-3H3. The maximum Gasteiger partial charge on any atom is 0.0467 e. The third-order valence-electron chi connectivity index (χ3n) is 3.14. The minimum atomic E-state index is 0.507. The summed E-state index contributed by atoms with van der Waals surface area (Å²) in [6.07, 6.45) is 3.79. The third kappa shape index (κ3) is 4.47. The molecule has 0 aliphatic carbocycles. The van der Waals surface area contributed by atoms with Crippen molar-refractivity contribution < 1.29 is 0 Å². The average molecular weight is 333 g/mol. The first-order valence-corrected chi connectivity index (χ1v) is 8.21. The van der Waals surface area contributed by atoms with Crippen LogP contribution in [0.1, 0.15) is 45.6 Å². The summed E-state index contributed by atoms with van der Waals surface area (Å²) in [6, 6.07) is 6.88. The van der Waals surface area contributed by atoms with Crippen LogP contribution in [0.3, 0.4) is 0 Å². The van der Waals surface area contributed by atoms with Crippen molar-refractivity contribution in [2.24, 2.45) is 0 Å². The number of unbranched alkanes of at least 4 members (excludes halogenated alkanes) is 2. The van der Waals surface area contributed by atoms with Crippen LogP contribution >= 0.6 is 27.5 Å². The lowest BCUT2D eigenvalue weighted by molar-refractivity contribution is 0.626. The summed E-state index contributed by atoms with van der Waals surface area (Å²) in [6.45, 7) is 7.81. The van der Waals surface area contributed by atoms with Crippen LogP contribution in [0.2, 0.25) is 5.02 Å². The lowest BCUT2D eigenvalue weighted by atomic mass is 10.1. The predicted octanol–water partition coefficient (Wildman–Crippen LogP) is 5.64. The predicted molar refractivity (Wildman–Crippen MR) is 86.1 cm³/mol. The molecule has 0 N–H and O–H groups in total. The van der Waals surface area contributed by atoms with Crippen LogP contribution in [-0.2, 0) is 5.33 Å². The zero-order valence-corrected chi connectivity index (χ0v) is 13.9. The van der Waals surface area contributed by atoms with Crippen LogP contribution in [0.15, 0.2) is 18.2 Å². The summed E-state index contributed by atoms with van der Waals surface area (Å²) in [5.41, 5.74) is 2.38. The molecule has 0 aliphatic heterocycles. The van der Waals surface area contributed by atoms with E-state index in [4.69, 9.17) is 11.6 Å². The topological polar surface area (TPSA) is 3.24 Å². The van der Waals surface area contributed by atoms with Crippen LogP contribution in [0, 0.1) is 0 Å². The first kappa shape index (κ1) is 15.8. The van der Waals surface area contributed by atoms with Crippen molar-refractivity contribution in [2.75, 3.05) is 11.4 Å². The van der Waals surface area contributed by atoms with E-state index in [1.807, 2.05) is 0 Å². The summed E-state index contributed by atoms with van der Waals surface area (Å²) in [5, 5.41) is 1.66. The fourth-order valence-corrected chi connectivity index (χ4v) is 2.93. The summed E-state index contributed by atoms with van der Waals surface area (Å²) in [4.78, 5) is 2.43. The van der Waals surface area contributed by atoms with E-state index in [-0.39, 0.29) is 0 Å². The van der Waals surface area contributed by atoms with Crippen LogP contribution in [-0.4, -0.2) is 12.6 Å². The molecule has 0 saturated carbocycles. The number of benzene rings is 1. The molecule has 1 rings (SSSR count). The Hall–Kier alpha value is -0.210. The highest BCUT2D eigenvalue weighted by atomic mass is 79.9. The molecule has 0 aliphatic rings. The molecule has 1 nitrogen and oxygen atoms in total. The molecule has 0 radical (unpaired) electrons. The minimum absolute atomic E-state index is 0.507. The van der Waals surface area contributed by atoms with Crippen molar-refractivity contribution in [3.05, 3.63) is 28.8 Å². The van der Waals surface area contributed by atoms with E-state index in [0.717, 1.165) is 22.5 Å². The summed E-state index contributed by atoms with van der Waals surface area (Å²) < 4.78 is 0. The second kappa shape index (κ2) is 8.06. The Labute approximate surface area is 125 Å². The van der Waals surface area contributed by atoms with Gasteiger partial charge < -0.3 is 4.90 Å². The van der Waals surface area contributed by atoms with Gasteiger partial charge in [0.1, 0.15) is 0 Å². The van der Waals surface area contributed by atoms with Gasteiger partial charge in [-0.1, -0.05) is 53.4 Å². The molecule has 1 aromatic rings. The van der Waals surface area contributed by atoms with Gasteiger partial charge in [0.15, 0.2) is 0 Å². The quantitative estimate of drug-likeness (QED) is 0.461. The van der Waals surface area contributed by atoms with E-state index in [0.29, 0.717) is 6.04 Å². The molecule has 0 fully saturated rings. The fraction of sp³-hybridized carbons (Fsp3) is 0.600. The van der Waals surface area contributed by atoms with Crippen molar-refractivity contribution in [2.45, 2.75) is 51.4 Å². The SMILES string of the molecule is CCCCCN(c1ccc(CBr)c(Cl)c1)C(C)C. The molecular weight excluding hydrogens is 310 g/mol. The highest BCUT2D eigenvalue weighted by Crippen LogP contribution is 2.26. The second-order valence-corrected chi connectivity index (χ2v) is 5.87. The minimum Gasteiger partial charge on any atom is -0.369 e. The molecule has 1 aromatic carbocycles. The first-order chi connectivity index (χ1) is 8.60. The van der Waals surface area contributed by atoms with Crippen LogP contribution < -0.4 is 4.90 Å². The summed E-state index contributed by atoms with van der Waals surface area (Å²) >= 11 is 9.74. The van der Waals surface area contributed by atoms with Gasteiger partial charge in [-0.3, -0.25) is 0 Å². The fourth-order valence-electron chi connectivity index (χ4n) is 2.04. The largest absolute Gasteiger partial charge is 0.369 e. The Balaban J connectivity index is 2.82. The molecule has 0 heterocycles. The van der Waals surface area contributed by atoms with Crippen molar-refractivity contribution in [1.82, 2.24) is 0 Å². The number of hydrogen-bond acceptors (Lipinski definition) is 1. The molecule has 0 saturated heterocycles.